The lowest BCUT2D eigenvalue weighted by molar-refractivity contribution is -0.147. The van der Waals surface area contributed by atoms with Gasteiger partial charge in [-0.2, -0.15) is 0 Å². The van der Waals surface area contributed by atoms with Gasteiger partial charge >= 0.3 is 11.9 Å². The number of ether oxygens (including phenoxy) is 1. The van der Waals surface area contributed by atoms with E-state index in [0.717, 1.165) is 52.7 Å². The van der Waals surface area contributed by atoms with Crippen LogP contribution >= 0.6 is 11.6 Å². The van der Waals surface area contributed by atoms with Crippen molar-refractivity contribution in [2.75, 3.05) is 26.2 Å². The van der Waals surface area contributed by atoms with Crippen molar-refractivity contribution in [2.45, 2.75) is 20.3 Å². The topological polar surface area (TPSA) is 87.1 Å². The Labute approximate surface area is 217 Å². The first-order valence-electron chi connectivity index (χ1n) is 11.7. The molecular weight excluding hydrogens is 478 g/mol. The first kappa shape index (κ1) is 28.6. The lowest BCUT2D eigenvalue weighted by Crippen LogP contribution is -2.27. The fourth-order valence-corrected chi connectivity index (χ4v) is 3.78. The predicted octanol–water partition coefficient (Wildman–Crippen LogP) is 6.11. The number of rotatable bonds is 11. The number of carboxylic acid groups (broad SMARTS) is 2. The van der Waals surface area contributed by atoms with Crippen LogP contribution in [0, 0.1) is 0 Å². The van der Waals surface area contributed by atoms with E-state index in [1.807, 2.05) is 60.7 Å². The van der Waals surface area contributed by atoms with E-state index in [9.17, 15) is 9.59 Å². The van der Waals surface area contributed by atoms with Gasteiger partial charge in [0.1, 0.15) is 18.8 Å². The number of benzene rings is 3. The average molecular weight is 510 g/mol. The molecule has 190 valence electrons. The standard InChI is InChI=1S/C26H28ClNO.C3H4O4/c1-3-28(4-2)19-20-29-24-17-15-22(16-18-24)25(21-11-7-5-8-12-21)26(27)23-13-9-6-10-14-23;4-2(5)1-3(6)7/h5-18H,3-4,19-20H2,1-2H3;1H2,(H,4,5)(H,6,7). The molecule has 0 saturated carbocycles. The summed E-state index contributed by atoms with van der Waals surface area (Å²) in [4.78, 5) is 21.2. The highest BCUT2D eigenvalue weighted by Crippen LogP contribution is 2.35. The van der Waals surface area contributed by atoms with E-state index in [4.69, 9.17) is 26.6 Å². The molecule has 3 aromatic carbocycles. The summed E-state index contributed by atoms with van der Waals surface area (Å²) in [5.41, 5.74) is 4.19. The highest BCUT2D eigenvalue weighted by molar-refractivity contribution is 6.53. The van der Waals surface area contributed by atoms with Gasteiger partial charge in [-0.25, -0.2) is 0 Å². The molecule has 0 saturated heterocycles. The van der Waals surface area contributed by atoms with Gasteiger partial charge in [-0.05, 0) is 41.9 Å². The third kappa shape index (κ3) is 9.56. The fraction of sp³-hybridized carbons (Fsp3) is 0.241. The third-order valence-corrected chi connectivity index (χ3v) is 5.73. The fourth-order valence-electron chi connectivity index (χ4n) is 3.43. The molecule has 0 unspecified atom stereocenters. The largest absolute Gasteiger partial charge is 0.492 e. The summed E-state index contributed by atoms with van der Waals surface area (Å²) in [6, 6.07) is 28.6. The summed E-state index contributed by atoms with van der Waals surface area (Å²) in [7, 11) is 0. The second-order valence-corrected chi connectivity index (χ2v) is 8.16. The second-order valence-electron chi connectivity index (χ2n) is 7.79. The molecule has 0 aromatic heterocycles. The monoisotopic (exact) mass is 509 g/mol. The van der Waals surface area contributed by atoms with Crippen LogP contribution < -0.4 is 4.74 Å². The van der Waals surface area contributed by atoms with Crippen LogP contribution in [-0.4, -0.2) is 53.3 Å². The molecule has 36 heavy (non-hydrogen) atoms. The molecule has 0 amide bonds. The number of hydrogen-bond donors (Lipinski definition) is 2. The van der Waals surface area contributed by atoms with Crippen LogP contribution in [-0.2, 0) is 9.59 Å². The quantitative estimate of drug-likeness (QED) is 0.239. The minimum Gasteiger partial charge on any atom is -0.492 e. The Hall–Kier alpha value is -3.61. The summed E-state index contributed by atoms with van der Waals surface area (Å²) in [6.07, 6.45) is -0.806. The molecule has 0 spiro atoms. The first-order chi connectivity index (χ1) is 17.3. The van der Waals surface area contributed by atoms with Crippen LogP contribution in [0.5, 0.6) is 5.75 Å². The Kier molecular flexibility index (Phi) is 12.2. The summed E-state index contributed by atoms with van der Waals surface area (Å²) in [5, 5.41) is 16.1. The smallest absolute Gasteiger partial charge is 0.314 e. The molecule has 6 nitrogen and oxygen atoms in total. The van der Waals surface area contributed by atoms with Crippen molar-refractivity contribution in [1.29, 1.82) is 0 Å². The maximum atomic E-state index is 9.43. The molecule has 7 heteroatoms. The van der Waals surface area contributed by atoms with E-state index in [0.29, 0.717) is 6.61 Å². The zero-order valence-electron chi connectivity index (χ0n) is 20.6. The Bertz CT molecular complexity index is 1100. The van der Waals surface area contributed by atoms with Crippen LogP contribution in [0.25, 0.3) is 10.6 Å². The molecule has 0 radical (unpaired) electrons. The number of nitrogens with zero attached hydrogens (tertiary/aromatic N) is 1. The molecule has 3 aromatic rings. The molecule has 0 atom stereocenters. The van der Waals surface area contributed by atoms with Crippen molar-refractivity contribution in [3.63, 3.8) is 0 Å². The number of aliphatic carboxylic acids is 2. The van der Waals surface area contributed by atoms with E-state index in [-0.39, 0.29) is 0 Å². The average Bonchev–Trinajstić information content (AvgIpc) is 2.88. The maximum absolute atomic E-state index is 9.43. The van der Waals surface area contributed by atoms with Crippen LogP contribution in [0.1, 0.15) is 37.0 Å². The summed E-state index contributed by atoms with van der Waals surface area (Å²) in [5.74, 6) is -1.75. The van der Waals surface area contributed by atoms with E-state index in [1.165, 1.54) is 0 Å². The lowest BCUT2D eigenvalue weighted by Gasteiger charge is -2.18. The van der Waals surface area contributed by atoms with Crippen molar-refractivity contribution in [2.24, 2.45) is 0 Å². The van der Waals surface area contributed by atoms with E-state index >= 15 is 0 Å². The Balaban J connectivity index is 0.000000572. The zero-order chi connectivity index (χ0) is 26.3. The third-order valence-electron chi connectivity index (χ3n) is 5.33. The predicted molar refractivity (Wildman–Crippen MR) is 144 cm³/mol. The van der Waals surface area contributed by atoms with Crippen molar-refractivity contribution >= 4 is 34.1 Å². The van der Waals surface area contributed by atoms with Gasteiger partial charge in [-0.3, -0.25) is 9.59 Å². The molecule has 0 aliphatic rings. The highest BCUT2D eigenvalue weighted by Gasteiger charge is 2.12. The van der Waals surface area contributed by atoms with E-state index in [2.05, 4.69) is 43.0 Å². The molecule has 0 heterocycles. The minimum atomic E-state index is -1.31. The molecule has 0 aliphatic carbocycles. The van der Waals surface area contributed by atoms with Crippen LogP contribution in [0.3, 0.4) is 0 Å². The van der Waals surface area contributed by atoms with Crippen LogP contribution in [0.15, 0.2) is 84.9 Å². The maximum Gasteiger partial charge on any atom is 0.314 e. The van der Waals surface area contributed by atoms with Gasteiger partial charge in [-0.15, -0.1) is 0 Å². The number of carboxylic acids is 2. The van der Waals surface area contributed by atoms with Gasteiger partial charge in [0.15, 0.2) is 0 Å². The second kappa shape index (κ2) is 15.4. The Morgan fingerprint density at radius 2 is 1.22 bits per heavy atom. The van der Waals surface area contributed by atoms with Crippen LogP contribution in [0.2, 0.25) is 0 Å². The molecule has 3 rings (SSSR count). The highest BCUT2D eigenvalue weighted by atomic mass is 35.5. The SMILES string of the molecule is CCN(CC)CCOc1ccc(C(=C(Cl)c2ccccc2)c2ccccc2)cc1.O=C(O)CC(=O)O. The normalized spacial score (nSPS) is 11.2. The van der Waals surface area contributed by atoms with Gasteiger partial charge < -0.3 is 19.8 Å². The lowest BCUT2D eigenvalue weighted by atomic mass is 9.95. The molecule has 0 bridgehead atoms. The van der Waals surface area contributed by atoms with Crippen molar-refractivity contribution < 1.29 is 24.5 Å². The van der Waals surface area contributed by atoms with E-state index < -0.39 is 18.4 Å². The van der Waals surface area contributed by atoms with E-state index in [1.54, 1.807) is 0 Å². The number of carbonyl (C=O) groups is 2. The van der Waals surface area contributed by atoms with Gasteiger partial charge in [0.2, 0.25) is 0 Å². The van der Waals surface area contributed by atoms with Gasteiger partial charge in [0.05, 0.1) is 5.03 Å². The first-order valence-corrected chi connectivity index (χ1v) is 12.1. The van der Waals surface area contributed by atoms with Gasteiger partial charge in [0.25, 0.3) is 0 Å². The number of halogens is 1. The van der Waals surface area contributed by atoms with Crippen molar-refractivity contribution in [3.05, 3.63) is 102 Å². The van der Waals surface area contributed by atoms with Crippen LogP contribution in [0.4, 0.5) is 0 Å². The Morgan fingerprint density at radius 3 is 1.67 bits per heavy atom. The molecule has 0 fully saturated rings. The zero-order valence-corrected chi connectivity index (χ0v) is 21.3. The number of likely N-dealkylation sites (N-methyl/N-ethyl adjacent to an activating group) is 1. The van der Waals surface area contributed by atoms with Gasteiger partial charge in [0, 0.05) is 12.1 Å². The van der Waals surface area contributed by atoms with Crippen molar-refractivity contribution in [1.82, 2.24) is 4.90 Å². The molecule has 2 N–H and O–H groups in total. The summed E-state index contributed by atoms with van der Waals surface area (Å²) >= 11 is 6.87. The molecule has 0 aliphatic heterocycles. The van der Waals surface area contributed by atoms with Gasteiger partial charge in [-0.1, -0.05) is 98.2 Å². The summed E-state index contributed by atoms with van der Waals surface area (Å²) < 4.78 is 5.94. The Morgan fingerprint density at radius 1 is 0.750 bits per heavy atom. The number of hydrogen-bond acceptors (Lipinski definition) is 4. The van der Waals surface area contributed by atoms with Crippen molar-refractivity contribution in [3.8, 4) is 5.75 Å². The molecular formula is C29H32ClNO5. The summed E-state index contributed by atoms with van der Waals surface area (Å²) in [6.45, 7) is 8.05. The minimum absolute atomic E-state index is 0.688.